The maximum absolute atomic E-state index is 12.1. The first kappa shape index (κ1) is 18.5. The Balaban J connectivity index is 1.70. The predicted molar refractivity (Wildman–Crippen MR) is 99.7 cm³/mol. The number of aryl methyl sites for hydroxylation is 2. The molecule has 0 atom stereocenters. The third-order valence-electron chi connectivity index (χ3n) is 4.02. The first-order chi connectivity index (χ1) is 11.6. The second-order valence-corrected chi connectivity index (χ2v) is 6.78. The molecule has 2 aromatic carbocycles. The quantitative estimate of drug-likeness (QED) is 0.607. The van der Waals surface area contributed by atoms with Crippen LogP contribution in [0.5, 0.6) is 11.5 Å². The van der Waals surface area contributed by atoms with Gasteiger partial charge in [0.25, 0.3) is 0 Å². The van der Waals surface area contributed by atoms with E-state index in [1.165, 1.54) is 5.56 Å². The molecule has 0 spiro atoms. The molecule has 0 aromatic heterocycles. The lowest BCUT2D eigenvalue weighted by atomic mass is 10.0. The highest BCUT2D eigenvalue weighted by molar-refractivity contribution is 9.10. The van der Waals surface area contributed by atoms with E-state index in [9.17, 15) is 9.90 Å². The number of methoxy groups -OCH3 is 1. The van der Waals surface area contributed by atoms with Crippen LogP contribution in [0.25, 0.3) is 0 Å². The number of aromatic hydroxyl groups is 1. The van der Waals surface area contributed by atoms with Gasteiger partial charge in [0, 0.05) is 17.3 Å². The fraction of sp³-hybridized carbons (Fsp3) is 0.350. The van der Waals surface area contributed by atoms with Gasteiger partial charge in [-0.15, -0.1) is 0 Å². The van der Waals surface area contributed by atoms with Crippen LogP contribution in [0.2, 0.25) is 0 Å². The molecular formula is C20H23BrO3. The largest absolute Gasteiger partial charge is 0.508 e. The minimum absolute atomic E-state index is 0.289. The molecular weight excluding hydrogens is 368 g/mol. The predicted octanol–water partition coefficient (Wildman–Crippen LogP) is 5.08. The van der Waals surface area contributed by atoms with E-state index in [0.717, 1.165) is 35.0 Å². The Morgan fingerprint density at radius 2 is 1.79 bits per heavy atom. The van der Waals surface area contributed by atoms with Crippen LogP contribution < -0.4 is 4.74 Å². The number of carbonyl (C=O) groups excluding carboxylic acids is 1. The molecule has 128 valence electrons. The van der Waals surface area contributed by atoms with Crippen LogP contribution in [0.15, 0.2) is 46.9 Å². The minimum Gasteiger partial charge on any atom is -0.508 e. The van der Waals surface area contributed by atoms with Gasteiger partial charge in [-0.1, -0.05) is 28.1 Å². The number of ketones is 1. The van der Waals surface area contributed by atoms with E-state index < -0.39 is 0 Å². The minimum atomic E-state index is 0.289. The van der Waals surface area contributed by atoms with Crippen molar-refractivity contribution in [2.75, 3.05) is 7.11 Å². The number of phenolic OH excluding ortho intramolecular Hbond substituents is 1. The number of hydrogen-bond acceptors (Lipinski definition) is 3. The van der Waals surface area contributed by atoms with Crippen molar-refractivity contribution in [3.05, 3.63) is 58.1 Å². The molecule has 4 heteroatoms. The Morgan fingerprint density at radius 3 is 2.50 bits per heavy atom. The zero-order valence-corrected chi connectivity index (χ0v) is 15.5. The van der Waals surface area contributed by atoms with Gasteiger partial charge in [0.15, 0.2) is 0 Å². The van der Waals surface area contributed by atoms with Crippen molar-refractivity contribution in [2.24, 2.45) is 0 Å². The summed E-state index contributed by atoms with van der Waals surface area (Å²) in [7, 11) is 1.65. The van der Waals surface area contributed by atoms with Crippen LogP contribution in [0.3, 0.4) is 0 Å². The van der Waals surface area contributed by atoms with Gasteiger partial charge < -0.3 is 9.84 Å². The average molecular weight is 391 g/mol. The van der Waals surface area contributed by atoms with Crippen molar-refractivity contribution < 1.29 is 14.6 Å². The Bertz CT molecular complexity index is 665. The topological polar surface area (TPSA) is 46.5 Å². The van der Waals surface area contributed by atoms with E-state index >= 15 is 0 Å². The molecule has 2 rings (SSSR count). The third kappa shape index (κ3) is 6.00. The molecule has 0 aliphatic heterocycles. The van der Waals surface area contributed by atoms with Crippen LogP contribution >= 0.6 is 15.9 Å². The number of benzene rings is 2. The normalized spacial score (nSPS) is 10.6. The van der Waals surface area contributed by atoms with Crippen LogP contribution in [0.4, 0.5) is 0 Å². The van der Waals surface area contributed by atoms with Gasteiger partial charge in [-0.05, 0) is 67.1 Å². The van der Waals surface area contributed by atoms with E-state index in [1.54, 1.807) is 19.2 Å². The molecule has 0 heterocycles. The second kappa shape index (κ2) is 9.48. The molecule has 24 heavy (non-hydrogen) atoms. The van der Waals surface area contributed by atoms with Gasteiger partial charge in [-0.3, -0.25) is 4.79 Å². The summed E-state index contributed by atoms with van der Waals surface area (Å²) in [5.74, 6) is 1.41. The lowest BCUT2D eigenvalue weighted by Gasteiger charge is -2.08. The van der Waals surface area contributed by atoms with Gasteiger partial charge >= 0.3 is 0 Å². The molecule has 1 N–H and O–H groups in total. The summed E-state index contributed by atoms with van der Waals surface area (Å²) < 4.78 is 6.34. The summed E-state index contributed by atoms with van der Waals surface area (Å²) in [4.78, 5) is 12.1. The van der Waals surface area contributed by atoms with Crippen LogP contribution in [0, 0.1) is 0 Å². The molecule has 0 amide bonds. The maximum atomic E-state index is 12.1. The molecule has 0 saturated carbocycles. The monoisotopic (exact) mass is 390 g/mol. The van der Waals surface area contributed by atoms with E-state index in [2.05, 4.69) is 15.9 Å². The van der Waals surface area contributed by atoms with Crippen LogP contribution in [-0.2, 0) is 17.6 Å². The average Bonchev–Trinajstić information content (AvgIpc) is 2.58. The summed E-state index contributed by atoms with van der Waals surface area (Å²) in [5, 5.41) is 9.25. The molecule has 0 bridgehead atoms. The first-order valence-corrected chi connectivity index (χ1v) is 9.00. The second-order valence-electron chi connectivity index (χ2n) is 5.87. The van der Waals surface area contributed by atoms with Gasteiger partial charge in [0.1, 0.15) is 17.3 Å². The number of phenols is 1. The fourth-order valence-electron chi connectivity index (χ4n) is 2.66. The Kier molecular flexibility index (Phi) is 7.32. The van der Waals surface area contributed by atoms with Crippen molar-refractivity contribution in [1.29, 1.82) is 0 Å². The van der Waals surface area contributed by atoms with Gasteiger partial charge in [0.05, 0.1) is 7.11 Å². The fourth-order valence-corrected chi connectivity index (χ4v) is 3.06. The molecule has 0 unspecified atom stereocenters. The van der Waals surface area contributed by atoms with Crippen molar-refractivity contribution in [1.82, 2.24) is 0 Å². The summed E-state index contributed by atoms with van der Waals surface area (Å²) in [5.41, 5.74) is 2.25. The standard InChI is InChI=1S/C20H23BrO3/c1-24-20-13-9-17(21)14-16(20)8-12-18(22)5-3-2-4-15-6-10-19(23)11-7-15/h6-7,9-11,13-14,23H,2-5,8,12H2,1H3. The number of rotatable bonds is 9. The zero-order chi connectivity index (χ0) is 17.4. The van der Waals surface area contributed by atoms with Crippen molar-refractivity contribution in [2.45, 2.75) is 38.5 Å². The number of halogens is 1. The lowest BCUT2D eigenvalue weighted by molar-refractivity contribution is -0.119. The van der Waals surface area contributed by atoms with Crippen LogP contribution in [-0.4, -0.2) is 18.0 Å². The molecule has 0 fully saturated rings. The Morgan fingerprint density at radius 1 is 1.04 bits per heavy atom. The third-order valence-corrected chi connectivity index (χ3v) is 4.52. The Hall–Kier alpha value is -1.81. The highest BCUT2D eigenvalue weighted by Crippen LogP contribution is 2.24. The number of hydrogen-bond donors (Lipinski definition) is 1. The summed E-state index contributed by atoms with van der Waals surface area (Å²) in [6, 6.07) is 13.1. The summed E-state index contributed by atoms with van der Waals surface area (Å²) >= 11 is 3.45. The maximum Gasteiger partial charge on any atom is 0.133 e. The summed E-state index contributed by atoms with van der Waals surface area (Å²) in [6.07, 6.45) is 4.69. The lowest BCUT2D eigenvalue weighted by Crippen LogP contribution is -2.02. The highest BCUT2D eigenvalue weighted by atomic mass is 79.9. The van der Waals surface area contributed by atoms with E-state index in [1.807, 2.05) is 30.3 Å². The molecule has 0 aliphatic rings. The molecule has 3 nitrogen and oxygen atoms in total. The number of unbranched alkanes of at least 4 members (excludes halogenated alkanes) is 1. The van der Waals surface area contributed by atoms with Crippen molar-refractivity contribution in [3.8, 4) is 11.5 Å². The number of carbonyl (C=O) groups is 1. The van der Waals surface area contributed by atoms with Crippen molar-refractivity contribution in [3.63, 3.8) is 0 Å². The highest BCUT2D eigenvalue weighted by Gasteiger charge is 2.08. The van der Waals surface area contributed by atoms with Gasteiger partial charge in [0.2, 0.25) is 0 Å². The SMILES string of the molecule is COc1ccc(Br)cc1CCC(=O)CCCCc1ccc(O)cc1. The van der Waals surface area contributed by atoms with Crippen molar-refractivity contribution >= 4 is 21.7 Å². The molecule has 0 saturated heterocycles. The zero-order valence-electron chi connectivity index (χ0n) is 13.9. The first-order valence-electron chi connectivity index (χ1n) is 8.20. The molecule has 2 aromatic rings. The number of Topliss-reactive ketones (excluding diaryl/α,β-unsaturated/α-hetero) is 1. The molecule has 0 aliphatic carbocycles. The Labute approximate surface area is 151 Å². The van der Waals surface area contributed by atoms with E-state index in [0.29, 0.717) is 25.0 Å². The van der Waals surface area contributed by atoms with E-state index in [4.69, 9.17) is 4.74 Å². The number of ether oxygens (including phenoxy) is 1. The molecule has 0 radical (unpaired) electrons. The summed E-state index contributed by atoms with van der Waals surface area (Å²) in [6.45, 7) is 0. The smallest absolute Gasteiger partial charge is 0.133 e. The van der Waals surface area contributed by atoms with Crippen LogP contribution in [0.1, 0.15) is 36.8 Å². The van der Waals surface area contributed by atoms with Gasteiger partial charge in [-0.2, -0.15) is 0 Å². The van der Waals surface area contributed by atoms with Gasteiger partial charge in [-0.25, -0.2) is 0 Å². The van der Waals surface area contributed by atoms with E-state index in [-0.39, 0.29) is 5.75 Å².